The fraction of sp³-hybridized carbons (Fsp3) is 0.500. The number of benzene rings is 1. The van der Waals surface area contributed by atoms with Gasteiger partial charge in [-0.2, -0.15) is 0 Å². The van der Waals surface area contributed by atoms with Gasteiger partial charge in [0.2, 0.25) is 11.8 Å². The topological polar surface area (TPSA) is 165 Å². The first kappa shape index (κ1) is 28.0. The van der Waals surface area contributed by atoms with Gasteiger partial charge in [0.1, 0.15) is 12.6 Å². The van der Waals surface area contributed by atoms with Gasteiger partial charge in [-0.15, -0.1) is 18.3 Å². The van der Waals surface area contributed by atoms with Crippen molar-refractivity contribution in [1.82, 2.24) is 26.1 Å². The van der Waals surface area contributed by atoms with Crippen molar-refractivity contribution in [3.05, 3.63) is 36.2 Å². The normalized spacial score (nSPS) is 18.6. The lowest BCUT2D eigenvalue weighted by Crippen LogP contribution is -2.53. The van der Waals surface area contributed by atoms with Gasteiger partial charge in [0.15, 0.2) is 5.78 Å². The van der Waals surface area contributed by atoms with Gasteiger partial charge in [0.05, 0.1) is 6.04 Å². The van der Waals surface area contributed by atoms with Gasteiger partial charge in [0.25, 0.3) is 0 Å². The fourth-order valence-corrected chi connectivity index (χ4v) is 4.10. The molecule has 39 heavy (non-hydrogen) atoms. The zero-order valence-electron chi connectivity index (χ0n) is 20.6. The van der Waals surface area contributed by atoms with E-state index in [0.717, 1.165) is 12.8 Å². The minimum atomic E-state index is -5.05. The first-order chi connectivity index (χ1) is 18.6. The summed E-state index contributed by atoms with van der Waals surface area (Å²) in [5.41, 5.74) is 0.639. The third-order valence-electron chi connectivity index (χ3n) is 6.30. The second-order valence-electron chi connectivity index (χ2n) is 9.38. The van der Waals surface area contributed by atoms with E-state index >= 15 is 0 Å². The molecular weight excluding hydrogens is 525 g/mol. The predicted octanol–water partition coefficient (Wildman–Crippen LogP) is 1.83. The van der Waals surface area contributed by atoms with Gasteiger partial charge in [-0.1, -0.05) is 36.1 Å². The minimum absolute atomic E-state index is 0.0558. The first-order valence-corrected chi connectivity index (χ1v) is 12.4. The van der Waals surface area contributed by atoms with E-state index in [2.05, 4.69) is 36.2 Å². The van der Waals surface area contributed by atoms with E-state index < -0.39 is 54.5 Å². The number of aromatic nitrogens is 2. The quantitative estimate of drug-likeness (QED) is 0.290. The highest BCUT2D eigenvalue weighted by Gasteiger charge is 2.37. The maximum atomic E-state index is 13.2. The lowest BCUT2D eigenvalue weighted by Gasteiger charge is -2.24. The van der Waals surface area contributed by atoms with Crippen molar-refractivity contribution in [2.45, 2.75) is 50.6 Å². The Bertz CT molecular complexity index is 1190. The number of hydrogen-bond acceptors (Lipinski definition) is 9. The van der Waals surface area contributed by atoms with Crippen molar-refractivity contribution >= 4 is 35.2 Å². The molecule has 12 nitrogen and oxygen atoms in total. The van der Waals surface area contributed by atoms with Crippen LogP contribution in [0.2, 0.25) is 0 Å². The molecule has 0 radical (unpaired) electrons. The molecule has 0 bridgehead atoms. The SMILES string of the molecule is O=C(NC(CC1CC1)C(=O)NC(C[C@@H]1CCNC1=O)C(=O)COC(F)(F)F)c1nnc(Nc2ccccc2)o1. The number of para-hydroxylation sites is 1. The largest absolute Gasteiger partial charge is 0.522 e. The van der Waals surface area contributed by atoms with Crippen LogP contribution >= 0.6 is 0 Å². The highest BCUT2D eigenvalue weighted by molar-refractivity contribution is 5.96. The Labute approximate surface area is 220 Å². The molecule has 2 aliphatic rings. The number of Topliss-reactive ketones (excluding diaryl/α,β-unsaturated/α-hetero) is 1. The van der Waals surface area contributed by atoms with Crippen molar-refractivity contribution in [1.29, 1.82) is 0 Å². The number of anilines is 2. The molecule has 210 valence electrons. The van der Waals surface area contributed by atoms with E-state index in [1.807, 2.05) is 6.07 Å². The second-order valence-corrected chi connectivity index (χ2v) is 9.38. The van der Waals surface area contributed by atoms with E-state index in [1.54, 1.807) is 24.3 Å². The number of amides is 3. The van der Waals surface area contributed by atoms with E-state index in [0.29, 0.717) is 18.7 Å². The molecule has 2 aromatic rings. The summed E-state index contributed by atoms with van der Waals surface area (Å²) in [5.74, 6) is -4.00. The average molecular weight is 553 g/mol. The molecule has 1 aliphatic carbocycles. The summed E-state index contributed by atoms with van der Waals surface area (Å²) < 4.78 is 46.5. The van der Waals surface area contributed by atoms with Gasteiger partial charge >= 0.3 is 24.2 Å². The standard InChI is InChI=1S/C24H27F3N6O6/c25-24(26,27)38-12-18(34)16(11-14-8-9-28-19(14)35)30-20(36)17(10-13-6-7-13)31-21(37)22-32-33-23(39-22)29-15-4-2-1-3-5-15/h1-5,13-14,16-17H,6-12H2,(H,28,35)(H,29,33)(H,30,36)(H,31,37)/t14-,16?,17?/m0/s1. The van der Waals surface area contributed by atoms with Crippen LogP contribution < -0.4 is 21.3 Å². The van der Waals surface area contributed by atoms with Crippen LogP contribution in [0.3, 0.4) is 0 Å². The summed E-state index contributed by atoms with van der Waals surface area (Å²) in [5, 5.41) is 17.8. The van der Waals surface area contributed by atoms with Crippen molar-refractivity contribution < 1.29 is 41.5 Å². The maximum absolute atomic E-state index is 13.2. The summed E-state index contributed by atoms with van der Waals surface area (Å²) >= 11 is 0. The smallest absolute Gasteiger partial charge is 0.399 e. The molecule has 1 saturated heterocycles. The van der Waals surface area contributed by atoms with Crippen LogP contribution in [0, 0.1) is 11.8 Å². The molecule has 0 spiro atoms. The Balaban J connectivity index is 1.42. The van der Waals surface area contributed by atoms with Crippen LogP contribution in [0.4, 0.5) is 24.9 Å². The molecule has 1 aliphatic heterocycles. The lowest BCUT2D eigenvalue weighted by atomic mass is 9.95. The third-order valence-corrected chi connectivity index (χ3v) is 6.30. The van der Waals surface area contributed by atoms with E-state index in [9.17, 15) is 32.3 Å². The first-order valence-electron chi connectivity index (χ1n) is 12.4. The van der Waals surface area contributed by atoms with Crippen LogP contribution in [-0.4, -0.2) is 65.3 Å². The van der Waals surface area contributed by atoms with E-state index in [-0.39, 0.29) is 30.7 Å². The van der Waals surface area contributed by atoms with Gasteiger partial charge in [0, 0.05) is 18.2 Å². The average Bonchev–Trinajstić information content (AvgIpc) is 3.43. The zero-order valence-corrected chi connectivity index (χ0v) is 20.6. The Morgan fingerprint density at radius 2 is 1.79 bits per heavy atom. The van der Waals surface area contributed by atoms with Crippen molar-refractivity contribution in [3.63, 3.8) is 0 Å². The Hall–Kier alpha value is -4.01. The van der Waals surface area contributed by atoms with Gasteiger partial charge in [-0.05, 0) is 37.3 Å². The molecule has 15 heteroatoms. The number of ether oxygens (including phenoxy) is 1. The van der Waals surface area contributed by atoms with Crippen molar-refractivity contribution in [2.75, 3.05) is 18.5 Å². The summed E-state index contributed by atoms with van der Waals surface area (Å²) in [6, 6.07) is 6.22. The van der Waals surface area contributed by atoms with E-state index in [4.69, 9.17) is 4.42 Å². The fourth-order valence-electron chi connectivity index (χ4n) is 4.10. The number of alkyl halides is 3. The number of halogens is 3. The van der Waals surface area contributed by atoms with E-state index in [1.165, 1.54) is 0 Å². The molecule has 4 N–H and O–H groups in total. The minimum Gasteiger partial charge on any atom is -0.399 e. The molecule has 2 unspecified atom stereocenters. The molecule has 2 heterocycles. The van der Waals surface area contributed by atoms with Crippen LogP contribution in [0.25, 0.3) is 0 Å². The highest BCUT2D eigenvalue weighted by atomic mass is 19.4. The number of carbonyl (C=O) groups excluding carboxylic acids is 4. The van der Waals surface area contributed by atoms with Crippen molar-refractivity contribution in [2.24, 2.45) is 11.8 Å². The molecule has 1 aromatic heterocycles. The Kier molecular flexibility index (Phi) is 8.79. The van der Waals surface area contributed by atoms with Crippen LogP contribution in [0.1, 0.15) is 42.8 Å². The number of nitrogens with zero attached hydrogens (tertiary/aromatic N) is 2. The van der Waals surface area contributed by atoms with Gasteiger partial charge < -0.3 is 25.7 Å². The number of rotatable bonds is 13. The molecule has 2 fully saturated rings. The zero-order chi connectivity index (χ0) is 28.0. The summed E-state index contributed by atoms with van der Waals surface area (Å²) in [6.45, 7) is -0.981. The van der Waals surface area contributed by atoms with Crippen molar-refractivity contribution in [3.8, 4) is 0 Å². The highest BCUT2D eigenvalue weighted by Crippen LogP contribution is 2.33. The van der Waals surface area contributed by atoms with Crippen LogP contribution in [0.15, 0.2) is 34.7 Å². The summed E-state index contributed by atoms with van der Waals surface area (Å²) in [6.07, 6.45) is -3.01. The van der Waals surface area contributed by atoms with Gasteiger partial charge in [-0.25, -0.2) is 0 Å². The number of hydrogen-bond donors (Lipinski definition) is 4. The number of ketones is 1. The molecule has 3 amide bonds. The third kappa shape index (κ3) is 8.49. The molecule has 3 atom stereocenters. The Morgan fingerprint density at radius 3 is 2.44 bits per heavy atom. The number of carbonyl (C=O) groups is 4. The summed E-state index contributed by atoms with van der Waals surface area (Å²) in [7, 11) is 0. The number of nitrogens with one attached hydrogen (secondary N) is 4. The van der Waals surface area contributed by atoms with Crippen LogP contribution in [-0.2, 0) is 19.1 Å². The molecule has 1 saturated carbocycles. The molecular formula is C24H27F3N6O6. The second kappa shape index (κ2) is 12.2. The van der Waals surface area contributed by atoms with Gasteiger partial charge in [-0.3, -0.25) is 23.9 Å². The summed E-state index contributed by atoms with van der Waals surface area (Å²) in [4.78, 5) is 50.6. The maximum Gasteiger partial charge on any atom is 0.522 e. The monoisotopic (exact) mass is 552 g/mol. The predicted molar refractivity (Wildman–Crippen MR) is 127 cm³/mol. The van der Waals surface area contributed by atoms with Crippen LogP contribution in [0.5, 0.6) is 0 Å². The molecule has 4 rings (SSSR count). The molecule has 1 aromatic carbocycles. The Morgan fingerprint density at radius 1 is 1.05 bits per heavy atom. The lowest BCUT2D eigenvalue weighted by molar-refractivity contribution is -0.321.